The van der Waals surface area contributed by atoms with Crippen molar-refractivity contribution in [3.63, 3.8) is 0 Å². The van der Waals surface area contributed by atoms with Gasteiger partial charge in [-0.1, -0.05) is 12.1 Å². The van der Waals surface area contributed by atoms with Crippen LogP contribution in [0.3, 0.4) is 0 Å². The Bertz CT molecular complexity index is 449. The smallest absolute Gasteiger partial charge is 0.324 e. The Labute approximate surface area is 101 Å². The number of aryl methyl sites for hydroxylation is 1. The minimum Gasteiger partial charge on any atom is -0.496 e. The summed E-state index contributed by atoms with van der Waals surface area (Å²) in [5, 5.41) is 8.46. The highest BCUT2D eigenvalue weighted by Gasteiger charge is 2.07. The Morgan fingerprint density at radius 3 is 2.76 bits per heavy atom. The van der Waals surface area contributed by atoms with E-state index in [0.29, 0.717) is 6.54 Å². The highest BCUT2D eigenvalue weighted by atomic mass is 16.5. The summed E-state index contributed by atoms with van der Waals surface area (Å²) in [5.74, 6) is 0.352. The third-order valence-corrected chi connectivity index (χ3v) is 2.64. The van der Waals surface area contributed by atoms with E-state index < -0.39 is 5.91 Å². The lowest BCUT2D eigenvalue weighted by Crippen LogP contribution is -2.27. The van der Waals surface area contributed by atoms with Crippen LogP contribution in [-0.4, -0.2) is 31.5 Å². The first kappa shape index (κ1) is 13.0. The van der Waals surface area contributed by atoms with Crippen LogP contribution in [0.5, 0.6) is 5.75 Å². The predicted octanol–water partition coefficient (Wildman–Crippen LogP) is 1.53. The van der Waals surface area contributed by atoms with Crippen molar-refractivity contribution in [1.29, 1.82) is 5.26 Å². The maximum atomic E-state index is 11.0. The van der Waals surface area contributed by atoms with E-state index in [9.17, 15) is 4.79 Å². The Hall–Kier alpha value is -2.02. The second-order valence-corrected chi connectivity index (χ2v) is 3.89. The molecule has 0 unspecified atom stereocenters. The van der Waals surface area contributed by atoms with Crippen molar-refractivity contribution in [3.05, 3.63) is 29.3 Å². The molecule has 1 rings (SSSR count). The van der Waals surface area contributed by atoms with Crippen molar-refractivity contribution >= 4 is 5.91 Å². The Morgan fingerprint density at radius 1 is 1.53 bits per heavy atom. The lowest BCUT2D eigenvalue weighted by molar-refractivity contribution is -0.124. The summed E-state index contributed by atoms with van der Waals surface area (Å²) in [7, 11) is 3.27. The zero-order valence-corrected chi connectivity index (χ0v) is 10.4. The van der Waals surface area contributed by atoms with Crippen LogP contribution in [0.1, 0.15) is 11.1 Å². The molecule has 0 aromatic heterocycles. The normalized spacial score (nSPS) is 9.53. The van der Waals surface area contributed by atoms with Crippen molar-refractivity contribution in [2.45, 2.75) is 13.3 Å². The molecule has 0 radical (unpaired) electrons. The summed E-state index contributed by atoms with van der Waals surface area (Å²) < 4.78 is 5.17. The molecule has 0 aliphatic rings. The predicted molar refractivity (Wildman–Crippen MR) is 64.7 cm³/mol. The Balaban J connectivity index is 2.62. The van der Waals surface area contributed by atoms with Crippen molar-refractivity contribution in [2.75, 3.05) is 20.7 Å². The van der Waals surface area contributed by atoms with Gasteiger partial charge in [-0.05, 0) is 30.5 Å². The quantitative estimate of drug-likeness (QED) is 0.740. The molecule has 0 aliphatic heterocycles. The molecule has 0 N–H and O–H groups in total. The van der Waals surface area contributed by atoms with Crippen LogP contribution in [0.25, 0.3) is 0 Å². The summed E-state index contributed by atoms with van der Waals surface area (Å²) in [4.78, 5) is 12.5. The molecule has 1 aromatic rings. The summed E-state index contributed by atoms with van der Waals surface area (Å²) in [5.41, 5.74) is 2.19. The standard InChI is InChI=1S/C13H16N2O2/c1-10-8-11(4-5-12(10)17-3)6-7-15(2)13(16)9-14/h4-5,8H,6-7H2,1-3H3. The minimum absolute atomic E-state index is 0.504. The van der Waals surface area contributed by atoms with Crippen LogP contribution < -0.4 is 4.74 Å². The number of benzene rings is 1. The van der Waals surface area contributed by atoms with Crippen LogP contribution in [0.4, 0.5) is 0 Å². The van der Waals surface area contributed by atoms with Gasteiger partial charge in [0.1, 0.15) is 5.75 Å². The molecule has 90 valence electrons. The number of amides is 1. The fourth-order valence-electron chi connectivity index (χ4n) is 1.58. The van der Waals surface area contributed by atoms with Gasteiger partial charge < -0.3 is 9.64 Å². The molecule has 17 heavy (non-hydrogen) atoms. The Kier molecular flexibility index (Phi) is 4.53. The minimum atomic E-state index is -0.504. The van der Waals surface area contributed by atoms with Crippen molar-refractivity contribution < 1.29 is 9.53 Å². The summed E-state index contributed by atoms with van der Waals surface area (Å²) in [6.07, 6.45) is 0.731. The van der Waals surface area contributed by atoms with E-state index in [1.165, 1.54) is 4.90 Å². The molecule has 0 fully saturated rings. The molecular formula is C13H16N2O2. The van der Waals surface area contributed by atoms with Gasteiger partial charge in [0, 0.05) is 13.6 Å². The molecule has 0 heterocycles. The number of methoxy groups -OCH3 is 1. The first-order valence-corrected chi connectivity index (χ1v) is 5.37. The van der Waals surface area contributed by atoms with Gasteiger partial charge in [-0.2, -0.15) is 5.26 Å². The largest absolute Gasteiger partial charge is 0.496 e. The fraction of sp³-hybridized carbons (Fsp3) is 0.385. The summed E-state index contributed by atoms with van der Waals surface area (Å²) in [6, 6.07) is 7.51. The number of likely N-dealkylation sites (N-methyl/N-ethyl adjacent to an activating group) is 1. The van der Waals surface area contributed by atoms with E-state index in [2.05, 4.69) is 0 Å². The van der Waals surface area contributed by atoms with E-state index in [4.69, 9.17) is 10.00 Å². The van der Waals surface area contributed by atoms with E-state index >= 15 is 0 Å². The van der Waals surface area contributed by atoms with Crippen LogP contribution in [0, 0.1) is 18.3 Å². The van der Waals surface area contributed by atoms with Gasteiger partial charge >= 0.3 is 5.91 Å². The van der Waals surface area contributed by atoms with Gasteiger partial charge in [-0.15, -0.1) is 0 Å². The highest BCUT2D eigenvalue weighted by Crippen LogP contribution is 2.18. The van der Waals surface area contributed by atoms with Gasteiger partial charge in [0.25, 0.3) is 0 Å². The molecule has 0 saturated carbocycles. The number of hydrogen-bond acceptors (Lipinski definition) is 3. The lowest BCUT2D eigenvalue weighted by Gasteiger charge is -2.13. The van der Waals surface area contributed by atoms with Crippen molar-refractivity contribution in [3.8, 4) is 11.8 Å². The van der Waals surface area contributed by atoms with Gasteiger partial charge in [0.15, 0.2) is 6.07 Å². The third-order valence-electron chi connectivity index (χ3n) is 2.64. The van der Waals surface area contributed by atoms with Gasteiger partial charge in [0.05, 0.1) is 7.11 Å². The average Bonchev–Trinajstić information content (AvgIpc) is 2.35. The molecular weight excluding hydrogens is 216 g/mol. The molecule has 0 atom stereocenters. The summed E-state index contributed by atoms with van der Waals surface area (Å²) in [6.45, 7) is 2.52. The number of carbonyl (C=O) groups excluding carboxylic acids is 1. The van der Waals surface area contributed by atoms with Crippen molar-refractivity contribution in [2.24, 2.45) is 0 Å². The van der Waals surface area contributed by atoms with Gasteiger partial charge in [0.2, 0.25) is 0 Å². The number of ether oxygens (including phenoxy) is 1. The van der Waals surface area contributed by atoms with Crippen LogP contribution >= 0.6 is 0 Å². The molecule has 4 nitrogen and oxygen atoms in total. The number of nitrogens with zero attached hydrogens (tertiary/aromatic N) is 2. The second kappa shape index (κ2) is 5.90. The highest BCUT2D eigenvalue weighted by molar-refractivity contribution is 5.90. The first-order valence-electron chi connectivity index (χ1n) is 5.37. The maximum Gasteiger partial charge on any atom is 0.324 e. The van der Waals surface area contributed by atoms with Crippen LogP contribution in [0.2, 0.25) is 0 Å². The van der Waals surface area contributed by atoms with E-state index in [0.717, 1.165) is 23.3 Å². The number of carbonyl (C=O) groups is 1. The summed E-state index contributed by atoms with van der Waals surface area (Å²) >= 11 is 0. The van der Waals surface area contributed by atoms with E-state index in [1.54, 1.807) is 20.2 Å². The van der Waals surface area contributed by atoms with Crippen molar-refractivity contribution in [1.82, 2.24) is 4.90 Å². The Morgan fingerprint density at radius 2 is 2.24 bits per heavy atom. The molecule has 0 spiro atoms. The molecule has 0 bridgehead atoms. The third kappa shape index (κ3) is 3.49. The topological polar surface area (TPSA) is 53.3 Å². The fourth-order valence-corrected chi connectivity index (χ4v) is 1.58. The SMILES string of the molecule is COc1ccc(CCN(C)C(=O)C#N)cc1C. The van der Waals surface area contributed by atoms with Gasteiger partial charge in [-0.3, -0.25) is 4.79 Å². The maximum absolute atomic E-state index is 11.0. The number of rotatable bonds is 4. The molecule has 0 aliphatic carbocycles. The molecule has 4 heteroatoms. The monoisotopic (exact) mass is 232 g/mol. The number of hydrogen-bond donors (Lipinski definition) is 0. The average molecular weight is 232 g/mol. The van der Waals surface area contributed by atoms with Crippen LogP contribution in [-0.2, 0) is 11.2 Å². The molecule has 1 amide bonds. The van der Waals surface area contributed by atoms with Gasteiger partial charge in [-0.25, -0.2) is 0 Å². The first-order chi connectivity index (χ1) is 8.08. The lowest BCUT2D eigenvalue weighted by atomic mass is 10.1. The molecule has 1 aromatic carbocycles. The molecule has 0 saturated heterocycles. The zero-order valence-electron chi connectivity index (χ0n) is 10.4. The van der Waals surface area contributed by atoms with E-state index in [1.807, 2.05) is 25.1 Å². The van der Waals surface area contributed by atoms with Crippen LogP contribution in [0.15, 0.2) is 18.2 Å². The van der Waals surface area contributed by atoms with E-state index in [-0.39, 0.29) is 0 Å². The second-order valence-electron chi connectivity index (χ2n) is 3.89. The number of nitriles is 1. The zero-order chi connectivity index (χ0) is 12.8.